The summed E-state index contributed by atoms with van der Waals surface area (Å²) in [6.07, 6.45) is 3.65. The SMILES string of the molecule is NC1(C2(c3cccc(F)c3F)CC2)CC1. The van der Waals surface area contributed by atoms with Gasteiger partial charge >= 0.3 is 0 Å². The molecule has 0 heterocycles. The zero-order chi connectivity index (χ0) is 10.7. The van der Waals surface area contributed by atoms with Crippen LogP contribution in [0.15, 0.2) is 18.2 Å². The predicted octanol–water partition coefficient (Wildman–Crippen LogP) is 2.49. The normalized spacial score (nSPS) is 25.0. The Morgan fingerprint density at radius 2 is 1.73 bits per heavy atom. The molecule has 0 aromatic heterocycles. The van der Waals surface area contributed by atoms with E-state index in [1.54, 1.807) is 12.1 Å². The lowest BCUT2D eigenvalue weighted by molar-refractivity contribution is 0.444. The summed E-state index contributed by atoms with van der Waals surface area (Å²) in [5.74, 6) is -1.46. The molecule has 0 radical (unpaired) electrons. The van der Waals surface area contributed by atoms with Crippen molar-refractivity contribution in [1.82, 2.24) is 0 Å². The van der Waals surface area contributed by atoms with Gasteiger partial charge in [0.15, 0.2) is 11.6 Å². The lowest BCUT2D eigenvalue weighted by Gasteiger charge is -2.23. The number of hydrogen-bond donors (Lipinski definition) is 1. The van der Waals surface area contributed by atoms with E-state index in [0.29, 0.717) is 5.56 Å². The largest absolute Gasteiger partial charge is 0.324 e. The maximum atomic E-state index is 13.7. The summed E-state index contributed by atoms with van der Waals surface area (Å²) in [5, 5.41) is 0. The molecule has 1 nitrogen and oxygen atoms in total. The lowest BCUT2D eigenvalue weighted by atomic mass is 9.86. The maximum Gasteiger partial charge on any atom is 0.162 e. The summed E-state index contributed by atoms with van der Waals surface area (Å²) in [7, 11) is 0. The monoisotopic (exact) mass is 209 g/mol. The van der Waals surface area contributed by atoms with Crippen LogP contribution in [0.5, 0.6) is 0 Å². The van der Waals surface area contributed by atoms with Crippen molar-refractivity contribution in [3.8, 4) is 0 Å². The van der Waals surface area contributed by atoms with Crippen LogP contribution < -0.4 is 5.73 Å². The summed E-state index contributed by atoms with van der Waals surface area (Å²) in [6.45, 7) is 0. The van der Waals surface area contributed by atoms with Crippen molar-refractivity contribution >= 4 is 0 Å². The summed E-state index contributed by atoms with van der Waals surface area (Å²) in [6, 6.07) is 4.41. The molecule has 1 aromatic carbocycles. The molecular weight excluding hydrogens is 196 g/mol. The molecule has 3 rings (SSSR count). The van der Waals surface area contributed by atoms with Crippen molar-refractivity contribution in [3.63, 3.8) is 0 Å². The number of hydrogen-bond acceptors (Lipinski definition) is 1. The molecule has 0 amide bonds. The van der Waals surface area contributed by atoms with Gasteiger partial charge in [-0.05, 0) is 37.3 Å². The Morgan fingerprint density at radius 1 is 1.07 bits per heavy atom. The Kier molecular flexibility index (Phi) is 1.60. The van der Waals surface area contributed by atoms with Gasteiger partial charge in [0.2, 0.25) is 0 Å². The van der Waals surface area contributed by atoms with Gasteiger partial charge in [0.05, 0.1) is 0 Å². The molecule has 80 valence electrons. The zero-order valence-corrected chi connectivity index (χ0v) is 8.39. The third-order valence-electron chi connectivity index (χ3n) is 3.96. The number of benzene rings is 1. The minimum absolute atomic E-state index is 0.262. The van der Waals surface area contributed by atoms with Crippen LogP contribution >= 0.6 is 0 Å². The molecule has 0 unspecified atom stereocenters. The molecule has 15 heavy (non-hydrogen) atoms. The fraction of sp³-hybridized carbons (Fsp3) is 0.500. The molecule has 2 N–H and O–H groups in total. The van der Waals surface area contributed by atoms with Crippen LogP contribution in [-0.4, -0.2) is 5.54 Å². The van der Waals surface area contributed by atoms with E-state index in [1.165, 1.54) is 0 Å². The smallest absolute Gasteiger partial charge is 0.162 e. The second-order valence-electron chi connectivity index (χ2n) is 4.84. The van der Waals surface area contributed by atoms with E-state index in [4.69, 9.17) is 5.73 Å². The first-order valence-electron chi connectivity index (χ1n) is 5.32. The van der Waals surface area contributed by atoms with Gasteiger partial charge in [-0.15, -0.1) is 0 Å². The van der Waals surface area contributed by atoms with E-state index in [-0.39, 0.29) is 11.0 Å². The molecule has 2 aliphatic carbocycles. The Hall–Kier alpha value is -0.960. The topological polar surface area (TPSA) is 26.0 Å². The van der Waals surface area contributed by atoms with Crippen LogP contribution in [0.4, 0.5) is 8.78 Å². The molecule has 0 atom stereocenters. The minimum atomic E-state index is -0.761. The lowest BCUT2D eigenvalue weighted by Crippen LogP contribution is -2.38. The van der Waals surface area contributed by atoms with Crippen molar-refractivity contribution in [1.29, 1.82) is 0 Å². The molecule has 1 aromatic rings. The highest BCUT2D eigenvalue weighted by Gasteiger charge is 2.64. The fourth-order valence-corrected chi connectivity index (χ4v) is 2.65. The quantitative estimate of drug-likeness (QED) is 0.795. The molecule has 2 aliphatic rings. The van der Waals surface area contributed by atoms with E-state index in [2.05, 4.69) is 0 Å². The average Bonchev–Trinajstić information content (AvgIpc) is 3.06. The summed E-state index contributed by atoms with van der Waals surface area (Å²) in [5.41, 5.74) is 6.11. The Balaban J connectivity index is 2.10. The number of rotatable bonds is 2. The summed E-state index contributed by atoms with van der Waals surface area (Å²) < 4.78 is 26.8. The number of nitrogens with two attached hydrogens (primary N) is 1. The van der Waals surface area contributed by atoms with Gasteiger partial charge in [0.25, 0.3) is 0 Å². The van der Waals surface area contributed by atoms with Crippen LogP contribution in [0.3, 0.4) is 0 Å². The number of halogens is 2. The molecule has 0 spiro atoms. The average molecular weight is 209 g/mol. The van der Waals surface area contributed by atoms with Crippen LogP contribution in [0.25, 0.3) is 0 Å². The van der Waals surface area contributed by atoms with Crippen molar-refractivity contribution in [2.75, 3.05) is 0 Å². The van der Waals surface area contributed by atoms with Gasteiger partial charge in [-0.2, -0.15) is 0 Å². The minimum Gasteiger partial charge on any atom is -0.324 e. The highest BCUT2D eigenvalue weighted by molar-refractivity contribution is 5.41. The van der Waals surface area contributed by atoms with Gasteiger partial charge in [-0.1, -0.05) is 12.1 Å². The van der Waals surface area contributed by atoms with Crippen LogP contribution in [0.1, 0.15) is 31.2 Å². The van der Waals surface area contributed by atoms with E-state index in [9.17, 15) is 8.78 Å². The van der Waals surface area contributed by atoms with E-state index in [0.717, 1.165) is 31.7 Å². The summed E-state index contributed by atoms with van der Waals surface area (Å²) >= 11 is 0. The van der Waals surface area contributed by atoms with Crippen LogP contribution in [0, 0.1) is 11.6 Å². The van der Waals surface area contributed by atoms with Crippen LogP contribution in [0.2, 0.25) is 0 Å². The highest BCUT2D eigenvalue weighted by Crippen LogP contribution is 2.64. The van der Waals surface area contributed by atoms with Crippen molar-refractivity contribution in [2.24, 2.45) is 5.73 Å². The maximum absolute atomic E-state index is 13.7. The molecule has 0 bridgehead atoms. The molecule has 2 saturated carbocycles. The molecule has 2 fully saturated rings. The van der Waals surface area contributed by atoms with Crippen molar-refractivity contribution in [3.05, 3.63) is 35.4 Å². The van der Waals surface area contributed by atoms with E-state index in [1.807, 2.05) is 0 Å². The second kappa shape index (κ2) is 2.59. The first-order valence-corrected chi connectivity index (χ1v) is 5.32. The van der Waals surface area contributed by atoms with Gasteiger partial charge in [0.1, 0.15) is 0 Å². The standard InChI is InChI=1S/C12H13F2N/c13-9-3-1-2-8(10(9)14)11(4-5-11)12(15)6-7-12/h1-3H,4-7,15H2. The molecule has 0 saturated heterocycles. The third-order valence-corrected chi connectivity index (χ3v) is 3.96. The van der Waals surface area contributed by atoms with Crippen molar-refractivity contribution in [2.45, 2.75) is 36.6 Å². The Labute approximate surface area is 87.3 Å². The Bertz CT molecular complexity index is 420. The molecular formula is C12H13F2N. The molecule has 3 heteroatoms. The van der Waals surface area contributed by atoms with E-state index < -0.39 is 11.6 Å². The van der Waals surface area contributed by atoms with Crippen molar-refractivity contribution < 1.29 is 8.78 Å². The first-order chi connectivity index (χ1) is 7.09. The third kappa shape index (κ3) is 1.10. The zero-order valence-electron chi connectivity index (χ0n) is 8.39. The summed E-state index contributed by atoms with van der Waals surface area (Å²) in [4.78, 5) is 0. The second-order valence-corrected chi connectivity index (χ2v) is 4.84. The first kappa shape index (κ1) is 9.28. The van der Waals surface area contributed by atoms with Gasteiger partial charge in [-0.25, -0.2) is 8.78 Å². The van der Waals surface area contributed by atoms with Crippen LogP contribution in [-0.2, 0) is 5.41 Å². The predicted molar refractivity (Wildman–Crippen MR) is 53.4 cm³/mol. The highest BCUT2D eigenvalue weighted by atomic mass is 19.2. The van der Waals surface area contributed by atoms with Gasteiger partial charge < -0.3 is 5.73 Å². The molecule has 0 aliphatic heterocycles. The van der Waals surface area contributed by atoms with Gasteiger partial charge in [0, 0.05) is 11.0 Å². The van der Waals surface area contributed by atoms with Gasteiger partial charge in [-0.3, -0.25) is 0 Å². The fourth-order valence-electron chi connectivity index (χ4n) is 2.65. The van der Waals surface area contributed by atoms with E-state index >= 15 is 0 Å². The Morgan fingerprint density at radius 3 is 2.27 bits per heavy atom.